The zero-order valence-corrected chi connectivity index (χ0v) is 9.89. The lowest BCUT2D eigenvalue weighted by Gasteiger charge is -2.37. The van der Waals surface area contributed by atoms with Gasteiger partial charge in [0.05, 0.1) is 0 Å². The van der Waals surface area contributed by atoms with Crippen molar-refractivity contribution < 1.29 is 14.7 Å². The molecule has 0 spiro atoms. The van der Waals surface area contributed by atoms with Crippen LogP contribution in [0.4, 0.5) is 4.79 Å². The van der Waals surface area contributed by atoms with Gasteiger partial charge >= 0.3 is 6.09 Å². The number of nitrogens with zero attached hydrogens (tertiary/aromatic N) is 2. The molecule has 6 heteroatoms. The molecule has 2 N–H and O–H groups in total. The van der Waals surface area contributed by atoms with Crippen LogP contribution in [0.1, 0.15) is 19.3 Å². The summed E-state index contributed by atoms with van der Waals surface area (Å²) < 4.78 is 0. The lowest BCUT2D eigenvalue weighted by atomic mass is 10.1. The fourth-order valence-corrected chi connectivity index (χ4v) is 2.48. The molecule has 2 fully saturated rings. The van der Waals surface area contributed by atoms with Crippen molar-refractivity contribution in [1.29, 1.82) is 0 Å². The van der Waals surface area contributed by atoms with Gasteiger partial charge < -0.3 is 15.3 Å². The normalized spacial score (nSPS) is 25.8. The van der Waals surface area contributed by atoms with Crippen LogP contribution in [-0.4, -0.2) is 65.7 Å². The van der Waals surface area contributed by atoms with Gasteiger partial charge in [0.15, 0.2) is 0 Å². The third-order valence-electron chi connectivity index (χ3n) is 3.44. The molecule has 0 aromatic rings. The molecule has 2 saturated heterocycles. The first kappa shape index (κ1) is 12.2. The summed E-state index contributed by atoms with van der Waals surface area (Å²) in [6.45, 7) is 2.98. The predicted molar refractivity (Wildman–Crippen MR) is 61.8 cm³/mol. The van der Waals surface area contributed by atoms with Crippen molar-refractivity contribution in [2.45, 2.75) is 25.3 Å². The molecule has 2 amide bonds. The van der Waals surface area contributed by atoms with E-state index in [-0.39, 0.29) is 5.91 Å². The molecule has 17 heavy (non-hydrogen) atoms. The Bertz CT molecular complexity index is 302. The van der Waals surface area contributed by atoms with E-state index in [9.17, 15) is 9.59 Å². The molecule has 6 nitrogen and oxygen atoms in total. The summed E-state index contributed by atoms with van der Waals surface area (Å²) in [6.07, 6.45) is 2.22. The first-order valence-electron chi connectivity index (χ1n) is 6.19. The molecule has 2 aliphatic heterocycles. The van der Waals surface area contributed by atoms with E-state index in [1.165, 1.54) is 4.90 Å². The van der Waals surface area contributed by atoms with Crippen molar-refractivity contribution in [2.24, 2.45) is 0 Å². The lowest BCUT2D eigenvalue weighted by molar-refractivity contribution is -0.137. The van der Waals surface area contributed by atoms with Gasteiger partial charge in [-0.15, -0.1) is 0 Å². The monoisotopic (exact) mass is 241 g/mol. The summed E-state index contributed by atoms with van der Waals surface area (Å²) >= 11 is 0. The van der Waals surface area contributed by atoms with Crippen LogP contribution in [0.25, 0.3) is 0 Å². The molecule has 2 aliphatic rings. The van der Waals surface area contributed by atoms with Crippen molar-refractivity contribution in [3.8, 4) is 0 Å². The number of carbonyl (C=O) groups is 2. The largest absolute Gasteiger partial charge is 0.465 e. The fraction of sp³-hybridized carbons (Fsp3) is 0.818. The highest BCUT2D eigenvalue weighted by atomic mass is 16.4. The third kappa shape index (κ3) is 2.69. The highest BCUT2D eigenvalue weighted by molar-refractivity contribution is 5.86. The van der Waals surface area contributed by atoms with E-state index in [0.29, 0.717) is 19.6 Å². The van der Waals surface area contributed by atoms with E-state index in [2.05, 4.69) is 5.32 Å². The van der Waals surface area contributed by atoms with Crippen LogP contribution in [0.3, 0.4) is 0 Å². The summed E-state index contributed by atoms with van der Waals surface area (Å²) in [5, 5.41) is 12.2. The van der Waals surface area contributed by atoms with Crippen molar-refractivity contribution in [2.75, 3.05) is 32.7 Å². The number of amides is 2. The Balaban J connectivity index is 2.02. The predicted octanol–water partition coefficient (Wildman–Crippen LogP) is -0.0493. The molecule has 96 valence electrons. The molecule has 0 aromatic carbocycles. The Hall–Kier alpha value is -1.30. The van der Waals surface area contributed by atoms with Crippen LogP contribution < -0.4 is 5.32 Å². The average molecular weight is 241 g/mol. The molecule has 0 aromatic heterocycles. The smallest absolute Gasteiger partial charge is 0.408 e. The minimum absolute atomic E-state index is 0.0423. The summed E-state index contributed by atoms with van der Waals surface area (Å²) in [5.74, 6) is -0.0423. The number of piperazine rings is 1. The van der Waals surface area contributed by atoms with Crippen molar-refractivity contribution in [1.82, 2.24) is 15.1 Å². The number of carboxylic acid groups (broad SMARTS) is 1. The van der Waals surface area contributed by atoms with Gasteiger partial charge in [-0.05, 0) is 19.3 Å². The van der Waals surface area contributed by atoms with Crippen molar-refractivity contribution in [3.05, 3.63) is 0 Å². The van der Waals surface area contributed by atoms with Crippen LogP contribution in [0.15, 0.2) is 0 Å². The Labute approximate surface area is 101 Å². The lowest BCUT2D eigenvalue weighted by Crippen LogP contribution is -2.60. The maximum atomic E-state index is 12.2. The second-order valence-corrected chi connectivity index (χ2v) is 4.58. The van der Waals surface area contributed by atoms with Crippen LogP contribution in [0.2, 0.25) is 0 Å². The van der Waals surface area contributed by atoms with E-state index in [4.69, 9.17) is 5.11 Å². The van der Waals surface area contributed by atoms with Crippen LogP contribution in [0, 0.1) is 0 Å². The first-order chi connectivity index (χ1) is 8.20. The molecule has 0 bridgehead atoms. The minimum Gasteiger partial charge on any atom is -0.465 e. The van der Waals surface area contributed by atoms with Crippen LogP contribution in [0.5, 0.6) is 0 Å². The number of rotatable bonds is 1. The summed E-state index contributed by atoms with van der Waals surface area (Å²) in [5.41, 5.74) is 0. The quantitative estimate of drug-likeness (QED) is 0.675. The Morgan fingerprint density at radius 1 is 1.12 bits per heavy atom. The molecular weight excluding hydrogens is 222 g/mol. The van der Waals surface area contributed by atoms with Gasteiger partial charge in [0.2, 0.25) is 5.91 Å². The van der Waals surface area contributed by atoms with Gasteiger partial charge in [0.1, 0.15) is 6.04 Å². The van der Waals surface area contributed by atoms with E-state index in [1.54, 1.807) is 4.90 Å². The summed E-state index contributed by atoms with van der Waals surface area (Å²) in [4.78, 5) is 26.4. The molecule has 1 atom stereocenters. The minimum atomic E-state index is -0.998. The van der Waals surface area contributed by atoms with Crippen molar-refractivity contribution in [3.63, 3.8) is 0 Å². The Kier molecular flexibility index (Phi) is 3.83. The molecule has 0 saturated carbocycles. The maximum Gasteiger partial charge on any atom is 0.408 e. The second-order valence-electron chi connectivity index (χ2n) is 4.58. The zero-order valence-electron chi connectivity index (χ0n) is 9.89. The number of hydrogen-bond donors (Lipinski definition) is 2. The number of hydrogen-bond acceptors (Lipinski definition) is 3. The molecule has 0 unspecified atom stereocenters. The second kappa shape index (κ2) is 5.35. The zero-order chi connectivity index (χ0) is 12.3. The number of nitrogens with one attached hydrogen (secondary N) is 1. The van der Waals surface area contributed by atoms with Gasteiger partial charge in [-0.25, -0.2) is 4.79 Å². The van der Waals surface area contributed by atoms with E-state index in [0.717, 1.165) is 32.4 Å². The standard InChI is InChI=1S/C11H19N3O3/c15-10(13-5-2-1-3-6-13)9-8-12-4-7-14(9)11(16)17/h9,12H,1-8H2,(H,16,17)/t9-/m1/s1. The average Bonchev–Trinajstić information content (AvgIpc) is 2.39. The Morgan fingerprint density at radius 3 is 2.47 bits per heavy atom. The van der Waals surface area contributed by atoms with Crippen molar-refractivity contribution >= 4 is 12.0 Å². The number of likely N-dealkylation sites (tertiary alicyclic amines) is 1. The van der Waals surface area contributed by atoms with Gasteiger partial charge in [-0.3, -0.25) is 9.69 Å². The van der Waals surface area contributed by atoms with Gasteiger partial charge in [-0.1, -0.05) is 0 Å². The SMILES string of the molecule is O=C([C@H]1CNCCN1C(=O)O)N1CCCCC1. The Morgan fingerprint density at radius 2 is 1.82 bits per heavy atom. The summed E-state index contributed by atoms with van der Waals surface area (Å²) in [7, 11) is 0. The molecule has 2 heterocycles. The maximum absolute atomic E-state index is 12.2. The van der Waals surface area contributed by atoms with E-state index in [1.807, 2.05) is 0 Å². The van der Waals surface area contributed by atoms with Gasteiger partial charge in [0.25, 0.3) is 0 Å². The molecule has 2 rings (SSSR count). The van der Waals surface area contributed by atoms with E-state index >= 15 is 0 Å². The number of carbonyl (C=O) groups excluding carboxylic acids is 1. The van der Waals surface area contributed by atoms with E-state index < -0.39 is 12.1 Å². The molecular formula is C11H19N3O3. The number of piperidine rings is 1. The van der Waals surface area contributed by atoms with Crippen LogP contribution >= 0.6 is 0 Å². The molecule has 0 aliphatic carbocycles. The topological polar surface area (TPSA) is 72.9 Å². The highest BCUT2D eigenvalue weighted by Gasteiger charge is 2.34. The van der Waals surface area contributed by atoms with Crippen LogP contribution in [-0.2, 0) is 4.79 Å². The first-order valence-corrected chi connectivity index (χ1v) is 6.19. The molecule has 0 radical (unpaired) electrons. The fourth-order valence-electron chi connectivity index (χ4n) is 2.48. The summed E-state index contributed by atoms with van der Waals surface area (Å²) in [6, 6.07) is -0.542. The van der Waals surface area contributed by atoms with Gasteiger partial charge in [-0.2, -0.15) is 0 Å². The highest BCUT2D eigenvalue weighted by Crippen LogP contribution is 2.13. The third-order valence-corrected chi connectivity index (χ3v) is 3.44. The van der Waals surface area contributed by atoms with Gasteiger partial charge in [0, 0.05) is 32.7 Å².